The molecule has 1 aromatic heterocycles. The van der Waals surface area contributed by atoms with E-state index in [2.05, 4.69) is 31.3 Å². The fraction of sp³-hybridized carbons (Fsp3) is 0.0909. The van der Waals surface area contributed by atoms with Crippen molar-refractivity contribution in [3.63, 3.8) is 0 Å². The summed E-state index contributed by atoms with van der Waals surface area (Å²) in [5.74, 6) is 5.32. The van der Waals surface area contributed by atoms with Crippen LogP contribution in [0.3, 0.4) is 0 Å². The molecule has 0 saturated heterocycles. The number of nitrogens with zero attached hydrogens (tertiary/aromatic N) is 2. The minimum absolute atomic E-state index is 0.0565. The first-order valence-corrected chi connectivity index (χ1v) is 5.94. The van der Waals surface area contributed by atoms with Crippen LogP contribution < -0.4 is 20.7 Å². The van der Waals surface area contributed by atoms with Crippen LogP contribution in [0.15, 0.2) is 28.9 Å². The van der Waals surface area contributed by atoms with Gasteiger partial charge in [0.25, 0.3) is 5.88 Å². The first-order valence-electron chi connectivity index (χ1n) is 5.14. The van der Waals surface area contributed by atoms with Gasteiger partial charge in [0.1, 0.15) is 11.5 Å². The fourth-order valence-corrected chi connectivity index (χ4v) is 1.73. The molecule has 2 aromatic rings. The number of rotatable bonds is 4. The van der Waals surface area contributed by atoms with Crippen molar-refractivity contribution in [2.75, 3.05) is 12.5 Å². The van der Waals surface area contributed by atoms with Crippen molar-refractivity contribution in [3.8, 4) is 17.4 Å². The number of nitrogen functional groups attached to an aromatic ring is 1. The van der Waals surface area contributed by atoms with Crippen LogP contribution in [0.25, 0.3) is 0 Å². The number of aromatic nitrogens is 2. The Morgan fingerprint density at radius 3 is 2.84 bits per heavy atom. The van der Waals surface area contributed by atoms with Crippen molar-refractivity contribution in [1.82, 2.24) is 9.97 Å². The van der Waals surface area contributed by atoms with Gasteiger partial charge in [0.2, 0.25) is 11.8 Å². The summed E-state index contributed by atoms with van der Waals surface area (Å²) in [5.41, 5.74) is 2.21. The number of nitrogens with two attached hydrogens (primary N) is 1. The number of benzene rings is 1. The highest BCUT2D eigenvalue weighted by atomic mass is 79.9. The molecule has 0 fully saturated rings. The van der Waals surface area contributed by atoms with Crippen molar-refractivity contribution in [3.05, 3.63) is 34.7 Å². The highest BCUT2D eigenvalue weighted by Gasteiger charge is 2.11. The van der Waals surface area contributed by atoms with Crippen molar-refractivity contribution in [2.45, 2.75) is 0 Å². The molecular weight excluding hydrogens is 319 g/mol. The average molecular weight is 329 g/mol. The van der Waals surface area contributed by atoms with Gasteiger partial charge in [0, 0.05) is 0 Å². The summed E-state index contributed by atoms with van der Waals surface area (Å²) in [6.45, 7) is 0. The van der Waals surface area contributed by atoms with Crippen LogP contribution in [-0.4, -0.2) is 17.1 Å². The molecule has 0 amide bonds. The molecule has 0 bridgehead atoms. The third kappa shape index (κ3) is 3.09. The van der Waals surface area contributed by atoms with Gasteiger partial charge in [0.15, 0.2) is 0 Å². The van der Waals surface area contributed by atoms with E-state index >= 15 is 0 Å². The first kappa shape index (κ1) is 13.5. The Morgan fingerprint density at radius 2 is 2.21 bits per heavy atom. The van der Waals surface area contributed by atoms with Crippen LogP contribution in [-0.2, 0) is 0 Å². The molecule has 0 aliphatic rings. The van der Waals surface area contributed by atoms with Crippen LogP contribution in [0.4, 0.5) is 10.3 Å². The minimum atomic E-state index is -0.693. The van der Waals surface area contributed by atoms with Gasteiger partial charge in [-0.3, -0.25) is 5.43 Å². The van der Waals surface area contributed by atoms with Crippen molar-refractivity contribution < 1.29 is 13.9 Å². The second-order valence-electron chi connectivity index (χ2n) is 3.39. The maximum atomic E-state index is 13.5. The molecule has 2 rings (SSSR count). The van der Waals surface area contributed by atoms with Crippen LogP contribution in [0.1, 0.15) is 0 Å². The molecule has 1 heterocycles. The number of nitrogens with one attached hydrogen (secondary N) is 1. The van der Waals surface area contributed by atoms with E-state index < -0.39 is 5.82 Å². The second-order valence-corrected chi connectivity index (χ2v) is 4.24. The minimum Gasteiger partial charge on any atom is -0.497 e. The summed E-state index contributed by atoms with van der Waals surface area (Å²) in [6.07, 6.45) is 0.967. The van der Waals surface area contributed by atoms with Gasteiger partial charge in [0.05, 0.1) is 17.8 Å². The van der Waals surface area contributed by atoms with Crippen LogP contribution in [0.2, 0.25) is 0 Å². The summed E-state index contributed by atoms with van der Waals surface area (Å²) in [6, 6.07) is 5.00. The number of methoxy groups -OCH3 is 1. The Kier molecular flexibility index (Phi) is 4.13. The molecule has 19 heavy (non-hydrogen) atoms. The van der Waals surface area contributed by atoms with E-state index in [1.54, 1.807) is 25.3 Å². The maximum Gasteiger partial charge on any atom is 0.260 e. The molecule has 0 aliphatic carbocycles. The van der Waals surface area contributed by atoms with E-state index in [1.807, 2.05) is 0 Å². The van der Waals surface area contributed by atoms with Gasteiger partial charge in [-0.2, -0.15) is 9.37 Å². The van der Waals surface area contributed by atoms with Gasteiger partial charge in [-0.25, -0.2) is 10.8 Å². The van der Waals surface area contributed by atoms with Gasteiger partial charge in [-0.15, -0.1) is 0 Å². The number of hydrazine groups is 1. The standard InChI is InChI=1S/C11H10BrFN4O2/c1-18-6-2-3-9(7(12)4-6)19-10-8(13)5-15-11(16-10)17-14/h2-5H,14H2,1H3,(H,15,16,17). The third-order valence-corrected chi connectivity index (χ3v) is 2.81. The zero-order valence-electron chi connectivity index (χ0n) is 9.85. The van der Waals surface area contributed by atoms with Crippen LogP contribution in [0.5, 0.6) is 17.4 Å². The van der Waals surface area contributed by atoms with Gasteiger partial charge >= 0.3 is 0 Å². The highest BCUT2D eigenvalue weighted by molar-refractivity contribution is 9.10. The summed E-state index contributed by atoms with van der Waals surface area (Å²) in [7, 11) is 1.55. The van der Waals surface area contributed by atoms with Gasteiger partial charge in [-0.05, 0) is 34.1 Å². The van der Waals surface area contributed by atoms with E-state index in [9.17, 15) is 4.39 Å². The molecule has 6 nitrogen and oxygen atoms in total. The van der Waals surface area contributed by atoms with E-state index in [0.717, 1.165) is 6.20 Å². The molecule has 0 atom stereocenters. The number of ether oxygens (including phenoxy) is 2. The lowest BCUT2D eigenvalue weighted by Crippen LogP contribution is -2.11. The summed E-state index contributed by atoms with van der Waals surface area (Å²) in [4.78, 5) is 7.39. The third-order valence-electron chi connectivity index (χ3n) is 2.19. The molecule has 0 saturated carbocycles. The normalized spacial score (nSPS) is 10.1. The second kappa shape index (κ2) is 5.81. The van der Waals surface area contributed by atoms with Crippen molar-refractivity contribution >= 4 is 21.9 Å². The van der Waals surface area contributed by atoms with Gasteiger partial charge < -0.3 is 9.47 Å². The SMILES string of the molecule is COc1ccc(Oc2nc(NN)ncc2F)c(Br)c1. The van der Waals surface area contributed by atoms with E-state index in [4.69, 9.17) is 15.3 Å². The van der Waals surface area contributed by atoms with Crippen LogP contribution in [0, 0.1) is 5.82 Å². The monoisotopic (exact) mass is 328 g/mol. The summed E-state index contributed by atoms with van der Waals surface area (Å²) < 4.78 is 24.5. The van der Waals surface area contributed by atoms with Crippen molar-refractivity contribution in [1.29, 1.82) is 0 Å². The number of hydrogen-bond acceptors (Lipinski definition) is 6. The molecule has 0 radical (unpaired) electrons. The lowest BCUT2D eigenvalue weighted by Gasteiger charge is -2.09. The quantitative estimate of drug-likeness (QED) is 0.662. The fourth-order valence-electron chi connectivity index (χ4n) is 1.29. The molecular formula is C11H10BrFN4O2. The Bertz CT molecular complexity index is 597. The summed E-state index contributed by atoms with van der Waals surface area (Å²) >= 11 is 3.29. The molecule has 1 aromatic carbocycles. The molecule has 0 unspecified atom stereocenters. The predicted molar refractivity (Wildman–Crippen MR) is 70.6 cm³/mol. The Labute approximate surface area is 116 Å². The highest BCUT2D eigenvalue weighted by Crippen LogP contribution is 2.32. The number of halogens is 2. The maximum absolute atomic E-state index is 13.5. The van der Waals surface area contributed by atoms with E-state index in [1.165, 1.54) is 0 Å². The largest absolute Gasteiger partial charge is 0.497 e. The van der Waals surface area contributed by atoms with Crippen LogP contribution >= 0.6 is 15.9 Å². The summed E-state index contributed by atoms with van der Waals surface area (Å²) in [5, 5.41) is 0. The average Bonchev–Trinajstić information content (AvgIpc) is 2.43. The smallest absolute Gasteiger partial charge is 0.260 e. The Balaban J connectivity index is 2.30. The first-order chi connectivity index (χ1) is 9.13. The van der Waals surface area contributed by atoms with E-state index in [0.29, 0.717) is 16.0 Å². The molecule has 0 spiro atoms. The van der Waals surface area contributed by atoms with Crippen molar-refractivity contribution in [2.24, 2.45) is 5.84 Å². The zero-order valence-corrected chi connectivity index (χ0v) is 11.4. The molecule has 100 valence electrons. The molecule has 3 N–H and O–H groups in total. The predicted octanol–water partition coefficient (Wildman–Crippen LogP) is 2.46. The van der Waals surface area contributed by atoms with Gasteiger partial charge in [-0.1, -0.05) is 0 Å². The Hall–Kier alpha value is -1.93. The molecule has 0 aliphatic heterocycles. The zero-order chi connectivity index (χ0) is 13.8. The lowest BCUT2D eigenvalue weighted by molar-refractivity contribution is 0.405. The number of anilines is 1. The Morgan fingerprint density at radius 1 is 1.42 bits per heavy atom. The topological polar surface area (TPSA) is 82.3 Å². The molecule has 8 heteroatoms. The van der Waals surface area contributed by atoms with E-state index in [-0.39, 0.29) is 11.8 Å². The lowest BCUT2D eigenvalue weighted by atomic mass is 10.3. The number of hydrogen-bond donors (Lipinski definition) is 2.